The van der Waals surface area contributed by atoms with Gasteiger partial charge in [-0.25, -0.2) is 0 Å². The van der Waals surface area contributed by atoms with Gasteiger partial charge in [0.25, 0.3) is 0 Å². The summed E-state index contributed by atoms with van der Waals surface area (Å²) in [5, 5.41) is 9.70. The second-order valence-corrected chi connectivity index (χ2v) is 10.9. The van der Waals surface area contributed by atoms with Gasteiger partial charge in [-0.1, -0.05) is 103 Å². The van der Waals surface area contributed by atoms with Gasteiger partial charge in [-0.15, -0.1) is 0 Å². The van der Waals surface area contributed by atoms with E-state index in [1.807, 2.05) is 0 Å². The second-order valence-electron chi connectivity index (χ2n) is 9.24. The molecule has 0 saturated heterocycles. The minimum Gasteiger partial charge on any atom is -0.306 e. The molecule has 7 rings (SSSR count). The van der Waals surface area contributed by atoms with E-state index in [-0.39, 0.29) is 0 Å². The van der Waals surface area contributed by atoms with Crippen molar-refractivity contribution in [1.29, 1.82) is 0 Å². The van der Waals surface area contributed by atoms with Crippen LogP contribution in [0.25, 0.3) is 43.1 Å². The molecule has 0 aliphatic heterocycles. The summed E-state index contributed by atoms with van der Waals surface area (Å²) >= 11 is 7.85. The van der Waals surface area contributed by atoms with Crippen LogP contribution >= 0.6 is 31.9 Å². The standard InChI is InChI=1S/C34H21Br2N/c35-30-18-9-19-31(36)34(30)37(32-26-14-5-1-10-22(26)20-23-11-2-6-15-27(23)32)33-28-16-7-3-12-24(28)21-25-13-4-8-17-29(25)33/h1-21H. The quantitative estimate of drug-likeness (QED) is 0.182. The van der Waals surface area contributed by atoms with Crippen LogP contribution in [0.5, 0.6) is 0 Å². The van der Waals surface area contributed by atoms with Gasteiger partial charge in [-0.3, -0.25) is 0 Å². The third-order valence-electron chi connectivity index (χ3n) is 7.09. The molecule has 1 nitrogen and oxygen atoms in total. The Morgan fingerprint density at radius 1 is 0.351 bits per heavy atom. The van der Waals surface area contributed by atoms with Crippen LogP contribution in [0.3, 0.4) is 0 Å². The average molecular weight is 603 g/mol. The Balaban J connectivity index is 1.76. The third-order valence-corrected chi connectivity index (χ3v) is 8.37. The lowest BCUT2D eigenvalue weighted by Gasteiger charge is -2.32. The van der Waals surface area contributed by atoms with E-state index in [0.717, 1.165) is 14.6 Å². The Hall–Kier alpha value is -3.66. The highest BCUT2D eigenvalue weighted by molar-refractivity contribution is 9.11. The van der Waals surface area contributed by atoms with Gasteiger partial charge < -0.3 is 4.90 Å². The van der Waals surface area contributed by atoms with Crippen molar-refractivity contribution in [3.63, 3.8) is 0 Å². The van der Waals surface area contributed by atoms with E-state index in [9.17, 15) is 0 Å². The number of para-hydroxylation sites is 1. The molecule has 7 aromatic rings. The number of rotatable bonds is 3. The molecule has 0 radical (unpaired) electrons. The zero-order valence-electron chi connectivity index (χ0n) is 19.8. The summed E-state index contributed by atoms with van der Waals surface area (Å²) in [5.74, 6) is 0. The van der Waals surface area contributed by atoms with Crippen LogP contribution in [0.15, 0.2) is 136 Å². The van der Waals surface area contributed by atoms with E-state index in [1.165, 1.54) is 54.5 Å². The van der Waals surface area contributed by atoms with Gasteiger partial charge in [0.05, 0.1) is 17.1 Å². The zero-order chi connectivity index (χ0) is 24.9. The number of hydrogen-bond donors (Lipinski definition) is 0. The van der Waals surface area contributed by atoms with E-state index >= 15 is 0 Å². The summed E-state index contributed by atoms with van der Waals surface area (Å²) in [4.78, 5) is 2.46. The minimum atomic E-state index is 1.02. The van der Waals surface area contributed by atoms with E-state index in [2.05, 4.69) is 164 Å². The van der Waals surface area contributed by atoms with E-state index in [0.29, 0.717) is 0 Å². The molecular formula is C34H21Br2N. The SMILES string of the molecule is Brc1cccc(Br)c1N(c1c2ccccc2cc2ccccc12)c1c2ccccc2cc2ccccc12. The topological polar surface area (TPSA) is 3.24 Å². The van der Waals surface area contributed by atoms with Crippen molar-refractivity contribution < 1.29 is 0 Å². The molecule has 0 aromatic heterocycles. The zero-order valence-corrected chi connectivity index (χ0v) is 23.0. The summed E-state index contributed by atoms with van der Waals surface area (Å²) in [6.45, 7) is 0. The van der Waals surface area contributed by atoms with Gasteiger partial charge in [0.1, 0.15) is 0 Å². The van der Waals surface area contributed by atoms with Crippen molar-refractivity contribution in [2.45, 2.75) is 0 Å². The summed E-state index contributed by atoms with van der Waals surface area (Å²) in [6.07, 6.45) is 0. The summed E-state index contributed by atoms with van der Waals surface area (Å²) < 4.78 is 2.05. The van der Waals surface area contributed by atoms with Crippen molar-refractivity contribution in [3.8, 4) is 0 Å². The molecule has 0 unspecified atom stereocenters. The number of hydrogen-bond acceptors (Lipinski definition) is 1. The van der Waals surface area contributed by atoms with Gasteiger partial charge in [-0.05, 0) is 77.7 Å². The predicted octanol–water partition coefficient (Wildman–Crippen LogP) is 11.3. The second kappa shape index (κ2) is 9.02. The molecule has 37 heavy (non-hydrogen) atoms. The van der Waals surface area contributed by atoms with Crippen molar-refractivity contribution >= 4 is 92.0 Å². The van der Waals surface area contributed by atoms with Gasteiger partial charge in [-0.2, -0.15) is 0 Å². The first-order chi connectivity index (χ1) is 18.2. The van der Waals surface area contributed by atoms with Crippen LogP contribution in [0.1, 0.15) is 0 Å². The first-order valence-corrected chi connectivity index (χ1v) is 13.8. The lowest BCUT2D eigenvalue weighted by atomic mass is 9.96. The molecule has 0 fully saturated rings. The van der Waals surface area contributed by atoms with Crippen molar-refractivity contribution in [2.24, 2.45) is 0 Å². The maximum absolute atomic E-state index is 3.93. The van der Waals surface area contributed by atoms with E-state index in [4.69, 9.17) is 0 Å². The summed E-state index contributed by atoms with van der Waals surface area (Å²) in [5.41, 5.74) is 3.41. The van der Waals surface area contributed by atoms with Crippen LogP contribution in [-0.4, -0.2) is 0 Å². The minimum absolute atomic E-state index is 1.02. The lowest BCUT2D eigenvalue weighted by Crippen LogP contribution is -2.13. The molecule has 7 aromatic carbocycles. The Kier molecular flexibility index (Phi) is 5.49. The van der Waals surface area contributed by atoms with Crippen LogP contribution in [-0.2, 0) is 0 Å². The van der Waals surface area contributed by atoms with E-state index in [1.54, 1.807) is 0 Å². The van der Waals surface area contributed by atoms with Crippen LogP contribution in [0.2, 0.25) is 0 Å². The summed E-state index contributed by atoms with van der Waals surface area (Å²) in [7, 11) is 0. The molecule has 176 valence electrons. The number of halogens is 2. The molecule has 0 atom stereocenters. The normalized spacial score (nSPS) is 11.5. The maximum Gasteiger partial charge on any atom is 0.0746 e. The number of fused-ring (bicyclic) bond motifs is 4. The van der Waals surface area contributed by atoms with Crippen LogP contribution < -0.4 is 4.90 Å². The van der Waals surface area contributed by atoms with Gasteiger partial charge >= 0.3 is 0 Å². The molecule has 0 aliphatic rings. The molecule has 0 N–H and O–H groups in total. The smallest absolute Gasteiger partial charge is 0.0746 e. The first kappa shape index (κ1) is 22.5. The van der Waals surface area contributed by atoms with E-state index < -0.39 is 0 Å². The van der Waals surface area contributed by atoms with Gasteiger partial charge in [0.15, 0.2) is 0 Å². The van der Waals surface area contributed by atoms with Crippen molar-refractivity contribution in [2.75, 3.05) is 4.90 Å². The Labute approximate surface area is 232 Å². The fraction of sp³-hybridized carbons (Fsp3) is 0. The molecule has 0 amide bonds. The van der Waals surface area contributed by atoms with Gasteiger partial charge in [0, 0.05) is 30.5 Å². The lowest BCUT2D eigenvalue weighted by molar-refractivity contribution is 1.31. The highest BCUT2D eigenvalue weighted by Gasteiger charge is 2.25. The molecule has 3 heteroatoms. The Bertz CT molecular complexity index is 1730. The Morgan fingerprint density at radius 2 is 0.676 bits per heavy atom. The first-order valence-electron chi connectivity index (χ1n) is 12.3. The molecule has 0 aliphatic carbocycles. The molecular weight excluding hydrogens is 582 g/mol. The number of benzene rings is 7. The van der Waals surface area contributed by atoms with Crippen LogP contribution in [0.4, 0.5) is 17.1 Å². The van der Waals surface area contributed by atoms with Crippen LogP contribution in [0, 0.1) is 0 Å². The third kappa shape index (κ3) is 3.65. The predicted molar refractivity (Wildman–Crippen MR) is 167 cm³/mol. The number of nitrogens with zero attached hydrogens (tertiary/aromatic N) is 1. The van der Waals surface area contributed by atoms with Gasteiger partial charge in [0.2, 0.25) is 0 Å². The Morgan fingerprint density at radius 3 is 1.03 bits per heavy atom. The number of anilines is 3. The molecule has 0 heterocycles. The summed E-state index contributed by atoms with van der Waals surface area (Å²) in [6, 6.07) is 45.7. The fourth-order valence-corrected chi connectivity index (χ4v) is 6.85. The molecule has 0 spiro atoms. The maximum atomic E-state index is 3.93. The fourth-order valence-electron chi connectivity index (χ4n) is 5.50. The average Bonchev–Trinajstić information content (AvgIpc) is 2.93. The largest absolute Gasteiger partial charge is 0.306 e. The monoisotopic (exact) mass is 601 g/mol. The van der Waals surface area contributed by atoms with Crippen molar-refractivity contribution in [1.82, 2.24) is 0 Å². The van der Waals surface area contributed by atoms with Crippen molar-refractivity contribution in [3.05, 3.63) is 136 Å². The molecule has 0 saturated carbocycles. The highest BCUT2D eigenvalue weighted by atomic mass is 79.9. The molecule has 0 bridgehead atoms. The highest BCUT2D eigenvalue weighted by Crippen LogP contribution is 2.51.